The summed E-state index contributed by atoms with van der Waals surface area (Å²) in [4.78, 5) is 4.25. The first kappa shape index (κ1) is 28.0. The van der Waals surface area contributed by atoms with Crippen LogP contribution in [0.5, 0.6) is 0 Å². The Balaban J connectivity index is 1.14. The molecule has 0 unspecified atom stereocenters. The topological polar surface area (TPSA) is 12.9 Å². The number of hydrogen-bond acceptors (Lipinski definition) is 1. The van der Waals surface area contributed by atoms with Gasteiger partial charge in [0.05, 0.1) is 0 Å². The molecular weight excluding hydrogens is 579 g/mol. The summed E-state index contributed by atoms with van der Waals surface area (Å²) in [6.07, 6.45) is 3.72. The van der Waals surface area contributed by atoms with Gasteiger partial charge in [0.25, 0.3) is 0 Å². The van der Waals surface area contributed by atoms with Gasteiger partial charge in [-0.05, 0) is 136 Å². The van der Waals surface area contributed by atoms with Crippen LogP contribution >= 0.6 is 0 Å². The Bertz CT molecular complexity index is 2510. The van der Waals surface area contributed by atoms with Crippen molar-refractivity contribution in [1.29, 1.82) is 0 Å². The number of hydrogen-bond donors (Lipinski definition) is 0. The zero-order chi connectivity index (χ0) is 31.9. The quantitative estimate of drug-likeness (QED) is 0.177. The molecule has 224 valence electrons. The monoisotopic (exact) mass is 609 g/mol. The predicted molar refractivity (Wildman–Crippen MR) is 204 cm³/mol. The van der Waals surface area contributed by atoms with Crippen LogP contribution in [0.4, 0.5) is 0 Å². The van der Waals surface area contributed by atoms with Gasteiger partial charge in [0.1, 0.15) is 0 Å². The fourth-order valence-corrected chi connectivity index (χ4v) is 7.15. The van der Waals surface area contributed by atoms with Crippen molar-refractivity contribution in [2.24, 2.45) is 0 Å². The zero-order valence-electron chi connectivity index (χ0n) is 26.3. The SMILES string of the molecule is c1ccc(-c2cc(-c3ccncc3)cc(-c3cccc(-c4cccc(-c5ccc6c7ccccc7c7ccccc7c6c5)c4)c3)c2)cc1. The second-order valence-electron chi connectivity index (χ2n) is 12.4. The van der Waals surface area contributed by atoms with Crippen LogP contribution in [0, 0.1) is 0 Å². The van der Waals surface area contributed by atoms with Crippen molar-refractivity contribution in [1.82, 2.24) is 4.98 Å². The van der Waals surface area contributed by atoms with Gasteiger partial charge in [0, 0.05) is 12.4 Å². The van der Waals surface area contributed by atoms with Gasteiger partial charge in [-0.2, -0.15) is 0 Å². The average molecular weight is 610 g/mol. The van der Waals surface area contributed by atoms with E-state index >= 15 is 0 Å². The Kier molecular flexibility index (Phi) is 6.87. The largest absolute Gasteiger partial charge is 0.265 e. The molecule has 9 rings (SSSR count). The van der Waals surface area contributed by atoms with Crippen molar-refractivity contribution < 1.29 is 0 Å². The summed E-state index contributed by atoms with van der Waals surface area (Å²) in [5, 5.41) is 7.77. The van der Waals surface area contributed by atoms with Crippen molar-refractivity contribution >= 4 is 32.3 Å². The number of aromatic nitrogens is 1. The van der Waals surface area contributed by atoms with Gasteiger partial charge < -0.3 is 0 Å². The van der Waals surface area contributed by atoms with E-state index in [2.05, 4.69) is 181 Å². The fourth-order valence-electron chi connectivity index (χ4n) is 7.15. The Morgan fingerprint density at radius 1 is 0.208 bits per heavy atom. The molecule has 0 N–H and O–H groups in total. The lowest BCUT2D eigenvalue weighted by Gasteiger charge is -2.13. The van der Waals surface area contributed by atoms with Crippen molar-refractivity contribution in [3.63, 3.8) is 0 Å². The molecule has 0 fully saturated rings. The molecule has 0 amide bonds. The molecule has 9 aromatic rings. The van der Waals surface area contributed by atoms with Gasteiger partial charge in [-0.1, -0.05) is 127 Å². The minimum atomic E-state index is 1.16. The minimum Gasteiger partial charge on any atom is -0.265 e. The summed E-state index contributed by atoms with van der Waals surface area (Å²) in [5.74, 6) is 0. The van der Waals surface area contributed by atoms with Gasteiger partial charge in [-0.25, -0.2) is 0 Å². The molecule has 1 nitrogen and oxygen atoms in total. The highest BCUT2D eigenvalue weighted by Gasteiger charge is 2.12. The van der Waals surface area contributed by atoms with E-state index in [4.69, 9.17) is 0 Å². The van der Waals surface area contributed by atoms with Gasteiger partial charge in [0.15, 0.2) is 0 Å². The van der Waals surface area contributed by atoms with E-state index in [1.165, 1.54) is 82.4 Å². The third-order valence-electron chi connectivity index (χ3n) is 9.52. The molecule has 0 aliphatic rings. The molecule has 48 heavy (non-hydrogen) atoms. The fraction of sp³-hybridized carbons (Fsp3) is 0. The van der Waals surface area contributed by atoms with Crippen LogP contribution in [0.1, 0.15) is 0 Å². The summed E-state index contributed by atoms with van der Waals surface area (Å²) in [7, 11) is 0. The van der Waals surface area contributed by atoms with Crippen LogP contribution in [0.25, 0.3) is 88.0 Å². The summed E-state index contributed by atoms with van der Waals surface area (Å²) in [6.45, 7) is 0. The highest BCUT2D eigenvalue weighted by Crippen LogP contribution is 2.38. The van der Waals surface area contributed by atoms with Crippen molar-refractivity contribution in [2.75, 3.05) is 0 Å². The Labute approximate surface area is 280 Å². The van der Waals surface area contributed by atoms with E-state index in [1.54, 1.807) is 0 Å². The molecule has 0 spiro atoms. The maximum atomic E-state index is 4.25. The standard InChI is InChI=1S/C47H31N/c1-2-10-32(11-3-1)39-28-40(33-22-24-48-25-23-33)30-41(29-39)37-15-9-13-35(27-37)34-12-8-14-36(26-34)38-20-21-46-44-18-5-4-16-42(44)43-17-6-7-19-45(43)47(46)31-38/h1-31H. The summed E-state index contributed by atoms with van der Waals surface area (Å²) in [6, 6.07) is 64.0. The van der Waals surface area contributed by atoms with E-state index in [-0.39, 0.29) is 0 Å². The van der Waals surface area contributed by atoms with E-state index in [0.717, 1.165) is 5.56 Å². The molecule has 0 bridgehead atoms. The molecule has 1 heterocycles. The number of benzene rings is 8. The van der Waals surface area contributed by atoms with Crippen LogP contribution in [0.3, 0.4) is 0 Å². The van der Waals surface area contributed by atoms with E-state index in [1.807, 2.05) is 12.4 Å². The van der Waals surface area contributed by atoms with Gasteiger partial charge in [-0.3, -0.25) is 4.98 Å². The van der Waals surface area contributed by atoms with Crippen LogP contribution in [-0.4, -0.2) is 4.98 Å². The van der Waals surface area contributed by atoms with E-state index < -0.39 is 0 Å². The van der Waals surface area contributed by atoms with Gasteiger partial charge in [0.2, 0.25) is 0 Å². The predicted octanol–water partition coefficient (Wildman–Crippen LogP) is 12.9. The summed E-state index contributed by atoms with van der Waals surface area (Å²) >= 11 is 0. The molecule has 1 aromatic heterocycles. The first-order chi connectivity index (χ1) is 23.8. The van der Waals surface area contributed by atoms with Crippen LogP contribution in [0.2, 0.25) is 0 Å². The maximum Gasteiger partial charge on any atom is 0.0273 e. The molecule has 0 aliphatic carbocycles. The smallest absolute Gasteiger partial charge is 0.0273 e. The highest BCUT2D eigenvalue weighted by molar-refractivity contribution is 6.25. The lowest BCUT2D eigenvalue weighted by atomic mass is 9.91. The summed E-state index contributed by atoms with van der Waals surface area (Å²) < 4.78 is 0. The number of fused-ring (bicyclic) bond motifs is 6. The number of nitrogens with zero attached hydrogens (tertiary/aromatic N) is 1. The molecule has 0 radical (unpaired) electrons. The Hall–Kier alpha value is -6.31. The summed E-state index contributed by atoms with van der Waals surface area (Å²) in [5.41, 5.74) is 11.9. The van der Waals surface area contributed by atoms with Gasteiger partial charge in [-0.15, -0.1) is 0 Å². The van der Waals surface area contributed by atoms with Crippen molar-refractivity contribution in [3.8, 4) is 55.6 Å². The maximum absolute atomic E-state index is 4.25. The Morgan fingerprint density at radius 2 is 0.562 bits per heavy atom. The minimum absolute atomic E-state index is 1.16. The van der Waals surface area contributed by atoms with Gasteiger partial charge >= 0.3 is 0 Å². The first-order valence-electron chi connectivity index (χ1n) is 16.4. The normalized spacial score (nSPS) is 11.3. The molecule has 8 aromatic carbocycles. The second kappa shape index (κ2) is 11.8. The number of pyridine rings is 1. The molecule has 0 saturated heterocycles. The molecule has 1 heteroatoms. The van der Waals surface area contributed by atoms with Crippen molar-refractivity contribution in [2.45, 2.75) is 0 Å². The van der Waals surface area contributed by atoms with Crippen molar-refractivity contribution in [3.05, 3.63) is 188 Å². The highest BCUT2D eigenvalue weighted by atomic mass is 14.6. The Morgan fingerprint density at radius 3 is 1.10 bits per heavy atom. The lowest BCUT2D eigenvalue weighted by Crippen LogP contribution is -1.88. The molecule has 0 aliphatic heterocycles. The zero-order valence-corrected chi connectivity index (χ0v) is 26.3. The number of rotatable bonds is 5. The molecule has 0 saturated carbocycles. The lowest BCUT2D eigenvalue weighted by molar-refractivity contribution is 1.33. The molecule has 0 atom stereocenters. The van der Waals surface area contributed by atoms with E-state index in [0.29, 0.717) is 0 Å². The van der Waals surface area contributed by atoms with Crippen LogP contribution in [-0.2, 0) is 0 Å². The van der Waals surface area contributed by atoms with E-state index in [9.17, 15) is 0 Å². The van der Waals surface area contributed by atoms with Crippen LogP contribution in [0.15, 0.2) is 188 Å². The molecular formula is C47H31N. The second-order valence-corrected chi connectivity index (χ2v) is 12.4. The average Bonchev–Trinajstić information content (AvgIpc) is 3.18. The third kappa shape index (κ3) is 5.03. The van der Waals surface area contributed by atoms with Crippen LogP contribution < -0.4 is 0 Å². The first-order valence-corrected chi connectivity index (χ1v) is 16.4. The third-order valence-corrected chi connectivity index (χ3v) is 9.52.